The van der Waals surface area contributed by atoms with E-state index in [1.54, 1.807) is 18.5 Å². The molecular weight excluding hydrogens is 158 g/mol. The maximum absolute atomic E-state index is 9.00. The first-order valence-electron chi connectivity index (χ1n) is 3.36. The van der Waals surface area contributed by atoms with Crippen molar-refractivity contribution in [3.8, 4) is 0 Å². The molecule has 0 radical (unpaired) electrons. The molecule has 0 aliphatic heterocycles. The molecule has 0 atom stereocenters. The molecule has 0 fully saturated rings. The zero-order chi connectivity index (χ0) is 9.40. The van der Waals surface area contributed by atoms with Gasteiger partial charge in [0.2, 0.25) is 0 Å². The number of aromatic nitrogens is 1. The summed E-state index contributed by atoms with van der Waals surface area (Å²) in [7, 11) is 0. The lowest BCUT2D eigenvalue weighted by Crippen LogP contribution is -1.80. The van der Waals surface area contributed by atoms with E-state index in [0.29, 0.717) is 0 Å². The Bertz CT molecular complexity index is 219. The minimum Gasteiger partial charge on any atom is -0.481 e. The SMILES string of the molecule is CC(=O)O.OCc1cccnc1. The third kappa shape index (κ3) is 6.70. The fraction of sp³-hybridized carbons (Fsp3) is 0.250. The summed E-state index contributed by atoms with van der Waals surface area (Å²) in [5.41, 5.74) is 0.854. The van der Waals surface area contributed by atoms with E-state index in [1.165, 1.54) is 0 Å². The van der Waals surface area contributed by atoms with Gasteiger partial charge in [-0.05, 0) is 11.6 Å². The summed E-state index contributed by atoms with van der Waals surface area (Å²) in [5, 5.41) is 15.9. The van der Waals surface area contributed by atoms with Crippen LogP contribution in [0.4, 0.5) is 0 Å². The quantitative estimate of drug-likeness (QED) is 0.648. The average Bonchev–Trinajstić information content (AvgIpc) is 2.05. The molecule has 2 N–H and O–H groups in total. The number of carboxylic acid groups (broad SMARTS) is 1. The van der Waals surface area contributed by atoms with E-state index in [4.69, 9.17) is 15.0 Å². The van der Waals surface area contributed by atoms with Crippen molar-refractivity contribution in [2.24, 2.45) is 0 Å². The van der Waals surface area contributed by atoms with Crippen molar-refractivity contribution in [1.29, 1.82) is 0 Å². The van der Waals surface area contributed by atoms with Gasteiger partial charge in [0, 0.05) is 19.3 Å². The van der Waals surface area contributed by atoms with Gasteiger partial charge in [-0.3, -0.25) is 9.78 Å². The number of carboxylic acids is 1. The van der Waals surface area contributed by atoms with Crippen LogP contribution in [0.1, 0.15) is 12.5 Å². The van der Waals surface area contributed by atoms with E-state index in [-0.39, 0.29) is 6.61 Å². The Balaban J connectivity index is 0.000000261. The lowest BCUT2D eigenvalue weighted by molar-refractivity contribution is -0.134. The maximum Gasteiger partial charge on any atom is 0.300 e. The lowest BCUT2D eigenvalue weighted by Gasteiger charge is -1.88. The normalized spacial score (nSPS) is 8.17. The third-order valence-corrected chi connectivity index (χ3v) is 0.905. The van der Waals surface area contributed by atoms with E-state index in [0.717, 1.165) is 12.5 Å². The predicted molar refractivity (Wildman–Crippen MR) is 43.5 cm³/mol. The molecule has 66 valence electrons. The fourth-order valence-electron chi connectivity index (χ4n) is 0.492. The maximum atomic E-state index is 9.00. The highest BCUT2D eigenvalue weighted by Crippen LogP contribution is 1.92. The van der Waals surface area contributed by atoms with Crippen LogP contribution in [0.3, 0.4) is 0 Å². The molecule has 1 aromatic rings. The monoisotopic (exact) mass is 169 g/mol. The van der Waals surface area contributed by atoms with Crippen molar-refractivity contribution in [3.05, 3.63) is 30.1 Å². The number of carbonyl (C=O) groups is 1. The first kappa shape index (κ1) is 10.6. The highest BCUT2D eigenvalue weighted by atomic mass is 16.4. The van der Waals surface area contributed by atoms with E-state index < -0.39 is 5.97 Å². The number of hydrogen-bond donors (Lipinski definition) is 2. The van der Waals surface area contributed by atoms with E-state index in [2.05, 4.69) is 4.98 Å². The van der Waals surface area contributed by atoms with E-state index in [1.807, 2.05) is 6.07 Å². The summed E-state index contributed by atoms with van der Waals surface area (Å²) in [5.74, 6) is -0.833. The van der Waals surface area contributed by atoms with Crippen LogP contribution in [0.5, 0.6) is 0 Å². The van der Waals surface area contributed by atoms with Crippen molar-refractivity contribution < 1.29 is 15.0 Å². The van der Waals surface area contributed by atoms with Crippen LogP contribution in [0.25, 0.3) is 0 Å². The van der Waals surface area contributed by atoms with E-state index in [9.17, 15) is 0 Å². The minimum absolute atomic E-state index is 0.0772. The van der Waals surface area contributed by atoms with Crippen molar-refractivity contribution in [2.45, 2.75) is 13.5 Å². The summed E-state index contributed by atoms with van der Waals surface area (Å²) in [6.07, 6.45) is 3.32. The molecule has 0 saturated carbocycles. The van der Waals surface area contributed by atoms with Gasteiger partial charge in [-0.2, -0.15) is 0 Å². The Hall–Kier alpha value is -1.42. The van der Waals surface area contributed by atoms with Crippen LogP contribution in [0.2, 0.25) is 0 Å². The number of aliphatic carboxylic acids is 1. The van der Waals surface area contributed by atoms with Gasteiger partial charge in [0.05, 0.1) is 6.61 Å². The summed E-state index contributed by atoms with van der Waals surface area (Å²) in [6, 6.07) is 3.62. The molecule has 0 unspecified atom stereocenters. The standard InChI is InChI=1S/C6H7NO.C2H4O2/c8-5-6-2-1-3-7-4-6;1-2(3)4/h1-4,8H,5H2;1H3,(H,3,4). The zero-order valence-electron chi connectivity index (χ0n) is 6.77. The molecule has 4 nitrogen and oxygen atoms in total. The molecule has 0 aliphatic carbocycles. The summed E-state index contributed by atoms with van der Waals surface area (Å²) in [4.78, 5) is 12.8. The summed E-state index contributed by atoms with van der Waals surface area (Å²) < 4.78 is 0. The zero-order valence-corrected chi connectivity index (χ0v) is 6.77. The van der Waals surface area contributed by atoms with Crippen LogP contribution in [-0.2, 0) is 11.4 Å². The van der Waals surface area contributed by atoms with Crippen molar-refractivity contribution >= 4 is 5.97 Å². The molecule has 4 heteroatoms. The first-order chi connectivity index (χ1) is 5.66. The van der Waals surface area contributed by atoms with Gasteiger partial charge in [-0.1, -0.05) is 6.07 Å². The second-order valence-corrected chi connectivity index (χ2v) is 2.04. The van der Waals surface area contributed by atoms with Crippen molar-refractivity contribution in [1.82, 2.24) is 4.98 Å². The van der Waals surface area contributed by atoms with Gasteiger partial charge in [0.1, 0.15) is 0 Å². The van der Waals surface area contributed by atoms with Gasteiger partial charge >= 0.3 is 0 Å². The van der Waals surface area contributed by atoms with Crippen LogP contribution in [0.15, 0.2) is 24.5 Å². The molecule has 0 aliphatic rings. The second-order valence-electron chi connectivity index (χ2n) is 2.04. The highest BCUT2D eigenvalue weighted by Gasteiger charge is 1.82. The van der Waals surface area contributed by atoms with Crippen molar-refractivity contribution in [3.63, 3.8) is 0 Å². The largest absolute Gasteiger partial charge is 0.481 e. The average molecular weight is 169 g/mol. The number of hydrogen-bond acceptors (Lipinski definition) is 3. The summed E-state index contributed by atoms with van der Waals surface area (Å²) in [6.45, 7) is 1.16. The van der Waals surface area contributed by atoms with Gasteiger partial charge in [-0.15, -0.1) is 0 Å². The molecule has 1 rings (SSSR count). The molecule has 0 aromatic carbocycles. The minimum atomic E-state index is -0.833. The van der Waals surface area contributed by atoms with Crippen LogP contribution < -0.4 is 0 Å². The third-order valence-electron chi connectivity index (χ3n) is 0.905. The Morgan fingerprint density at radius 3 is 2.50 bits per heavy atom. The number of aliphatic hydroxyl groups is 1. The molecular formula is C8H11NO3. The number of pyridine rings is 1. The fourth-order valence-corrected chi connectivity index (χ4v) is 0.492. The molecule has 0 amide bonds. The smallest absolute Gasteiger partial charge is 0.300 e. The lowest BCUT2D eigenvalue weighted by atomic mass is 10.3. The molecule has 1 heterocycles. The molecule has 0 spiro atoms. The molecule has 1 aromatic heterocycles. The predicted octanol–water partition coefficient (Wildman–Crippen LogP) is 0.665. The number of nitrogens with zero attached hydrogens (tertiary/aromatic N) is 1. The van der Waals surface area contributed by atoms with Gasteiger partial charge < -0.3 is 10.2 Å². The van der Waals surface area contributed by atoms with Gasteiger partial charge in [-0.25, -0.2) is 0 Å². The van der Waals surface area contributed by atoms with Gasteiger partial charge in [0.25, 0.3) is 5.97 Å². The number of aliphatic hydroxyl groups excluding tert-OH is 1. The van der Waals surface area contributed by atoms with E-state index >= 15 is 0 Å². The van der Waals surface area contributed by atoms with Gasteiger partial charge in [0.15, 0.2) is 0 Å². The Labute approximate surface area is 70.5 Å². The first-order valence-corrected chi connectivity index (χ1v) is 3.36. The molecule has 0 bridgehead atoms. The Morgan fingerprint density at radius 1 is 1.67 bits per heavy atom. The van der Waals surface area contributed by atoms with Crippen LogP contribution in [0, 0.1) is 0 Å². The topological polar surface area (TPSA) is 70.4 Å². The van der Waals surface area contributed by atoms with Crippen LogP contribution in [-0.4, -0.2) is 21.2 Å². The second kappa shape index (κ2) is 6.30. The Morgan fingerprint density at radius 2 is 2.25 bits per heavy atom. The number of rotatable bonds is 1. The highest BCUT2D eigenvalue weighted by molar-refractivity contribution is 5.62. The summed E-state index contributed by atoms with van der Waals surface area (Å²) >= 11 is 0. The van der Waals surface area contributed by atoms with Crippen LogP contribution >= 0.6 is 0 Å². The molecule has 12 heavy (non-hydrogen) atoms. The Kier molecular flexibility index (Phi) is 5.55. The molecule has 0 saturated heterocycles. The van der Waals surface area contributed by atoms with Crippen molar-refractivity contribution in [2.75, 3.05) is 0 Å².